The quantitative estimate of drug-likeness (QED) is 0.0118. The number of azide groups is 1. The van der Waals surface area contributed by atoms with Crippen molar-refractivity contribution in [1.82, 2.24) is 58.1 Å². The molecule has 4 atom stereocenters. The van der Waals surface area contributed by atoms with Gasteiger partial charge in [0.05, 0.1) is 44.4 Å². The zero-order valence-corrected chi connectivity index (χ0v) is 44.3. The van der Waals surface area contributed by atoms with Crippen molar-refractivity contribution in [3.05, 3.63) is 90.4 Å². The molecule has 11 amide bonds. The van der Waals surface area contributed by atoms with E-state index in [0.29, 0.717) is 17.4 Å². The maximum Gasteiger partial charge on any atom is 0.407 e. The van der Waals surface area contributed by atoms with E-state index < -0.39 is 80.8 Å². The number of carbonyl (C=O) groups excluding carboxylic acids is 8. The maximum atomic E-state index is 14.2. The van der Waals surface area contributed by atoms with Crippen LogP contribution in [0.15, 0.2) is 73.9 Å². The minimum Gasteiger partial charge on any atom is -0.496 e. The van der Waals surface area contributed by atoms with Crippen molar-refractivity contribution >= 4 is 56.6 Å². The zero-order valence-electron chi connectivity index (χ0n) is 43.3. The van der Waals surface area contributed by atoms with Crippen LogP contribution in [0.3, 0.4) is 0 Å². The van der Waals surface area contributed by atoms with Gasteiger partial charge in [-0.15, -0.1) is 0 Å². The molecular weight excluding hydrogens is 1000 g/mol. The third-order valence-corrected chi connectivity index (χ3v) is 11.4. The lowest BCUT2D eigenvalue weighted by Crippen LogP contribution is -2.58. The van der Waals surface area contributed by atoms with Crippen molar-refractivity contribution in [2.45, 2.75) is 63.3 Å². The number of hydrogen-bond acceptors (Lipinski definition) is 15. The Bertz CT molecular complexity index is 2110. The number of rotatable bonds is 34. The number of aryl methyl sites for hydroxylation is 1. The Kier molecular flexibility index (Phi) is 32.3. The average molecular weight is 1080 g/mol. The Morgan fingerprint density at radius 3 is 1.48 bits per heavy atom. The van der Waals surface area contributed by atoms with Crippen LogP contribution in [-0.4, -0.2) is 178 Å². The fourth-order valence-corrected chi connectivity index (χ4v) is 6.61. The lowest BCUT2D eigenvalue weighted by atomic mass is 10.1. The van der Waals surface area contributed by atoms with Crippen molar-refractivity contribution in [1.29, 1.82) is 0 Å². The molecule has 29 heteroatoms. The van der Waals surface area contributed by atoms with Gasteiger partial charge in [0.2, 0.25) is 0 Å². The highest BCUT2D eigenvalue weighted by Gasteiger charge is 2.28. The van der Waals surface area contributed by atoms with E-state index in [1.807, 2.05) is 6.92 Å². The summed E-state index contributed by atoms with van der Waals surface area (Å²) in [6, 6.07) is -0.456. The summed E-state index contributed by atoms with van der Waals surface area (Å²) in [4.78, 5) is 107. The Balaban J connectivity index is 3.38. The molecule has 0 saturated carbocycles. The first-order chi connectivity index (χ1) is 35.8. The second kappa shape index (κ2) is 37.4. The Morgan fingerprint density at radius 2 is 1.05 bits per heavy atom. The number of nitrogens with zero attached hydrogens (tertiary/aromatic N) is 4. The fourth-order valence-electron chi connectivity index (χ4n) is 5.90. The highest BCUT2D eigenvalue weighted by molar-refractivity contribution is 6.76. The molecule has 1 aromatic rings. The molecule has 0 aliphatic carbocycles. The first-order valence-electron chi connectivity index (χ1n) is 23.5. The lowest BCUT2D eigenvalue weighted by molar-refractivity contribution is 0.143. The van der Waals surface area contributed by atoms with Crippen molar-refractivity contribution < 1.29 is 66.8 Å². The van der Waals surface area contributed by atoms with E-state index in [4.69, 9.17) is 28.4 Å². The summed E-state index contributed by atoms with van der Waals surface area (Å²) in [6.07, 6.45) is 1.22. The Hall–Kier alpha value is -8.33. The van der Waals surface area contributed by atoms with Crippen molar-refractivity contribution in [3.8, 4) is 5.75 Å². The largest absolute Gasteiger partial charge is 0.496 e. The zero-order chi connectivity index (χ0) is 56.0. The number of carbonyl (C=O) groups is 8. The van der Waals surface area contributed by atoms with E-state index in [-0.39, 0.29) is 91.9 Å². The monoisotopic (exact) mass is 1070 g/mol. The SMILES string of the molecule is C=CCOC(=O)NC[C@@H](CNC(=O)N[C@@H](CNC(=O)OCC=C)CNC(=O)N(Cc1ccc(C)cc1OC)[C@H](CN=[N+]=[N-])CNC(=O)OCC=C)NC(=O)NC[C@H](CNC(=O)OCC=C)NC(=O)OCC[Si](C)(C)C. The molecule has 0 unspecified atom stereocenters. The van der Waals surface area contributed by atoms with Gasteiger partial charge in [-0.1, -0.05) is 87.5 Å². The summed E-state index contributed by atoms with van der Waals surface area (Å²) in [5.74, 6) is 0.434. The summed E-state index contributed by atoms with van der Waals surface area (Å²) in [6.45, 7) is 19.5. The van der Waals surface area contributed by atoms with Crippen LogP contribution in [0, 0.1) is 6.92 Å². The van der Waals surface area contributed by atoms with Crippen molar-refractivity contribution in [3.63, 3.8) is 0 Å². The summed E-state index contributed by atoms with van der Waals surface area (Å²) in [5.41, 5.74) is 10.6. The molecule has 0 radical (unpaired) electrons. The van der Waals surface area contributed by atoms with E-state index >= 15 is 0 Å². The van der Waals surface area contributed by atoms with E-state index in [1.165, 1.54) is 36.3 Å². The second-order valence-electron chi connectivity index (χ2n) is 17.2. The van der Waals surface area contributed by atoms with Crippen molar-refractivity contribution in [2.75, 3.05) is 92.5 Å². The molecule has 0 aliphatic rings. The molecule has 1 rings (SSSR count). The Morgan fingerprint density at radius 1 is 0.627 bits per heavy atom. The molecule has 416 valence electrons. The minimum absolute atomic E-state index is 0.0758. The second-order valence-corrected chi connectivity index (χ2v) is 22.8. The lowest BCUT2D eigenvalue weighted by Gasteiger charge is -2.32. The molecule has 10 N–H and O–H groups in total. The third kappa shape index (κ3) is 31.0. The van der Waals surface area contributed by atoms with Gasteiger partial charge < -0.3 is 86.5 Å². The molecule has 28 nitrogen and oxygen atoms in total. The van der Waals surface area contributed by atoms with Crippen LogP contribution in [0.4, 0.5) is 38.4 Å². The normalized spacial score (nSPS) is 12.0. The molecular formula is C46H74N14O14Si. The molecule has 0 fully saturated rings. The van der Waals surface area contributed by atoms with Crippen molar-refractivity contribution in [2.24, 2.45) is 5.11 Å². The van der Waals surface area contributed by atoms with Gasteiger partial charge in [0.25, 0.3) is 0 Å². The number of alkyl carbamates (subject to hydrolysis) is 5. The van der Waals surface area contributed by atoms with Gasteiger partial charge in [-0.05, 0) is 30.1 Å². The summed E-state index contributed by atoms with van der Waals surface area (Å²) >= 11 is 0. The van der Waals surface area contributed by atoms with Crippen LogP contribution in [0.1, 0.15) is 11.1 Å². The number of nitrogens with one attached hydrogen (secondary N) is 10. The maximum absolute atomic E-state index is 14.2. The van der Waals surface area contributed by atoms with Gasteiger partial charge >= 0.3 is 48.6 Å². The van der Waals surface area contributed by atoms with Crippen LogP contribution in [0.25, 0.3) is 10.4 Å². The van der Waals surface area contributed by atoms with E-state index in [2.05, 4.69) is 109 Å². The number of hydrogen-bond donors (Lipinski definition) is 10. The number of benzene rings is 1. The minimum atomic E-state index is -1.54. The number of urea groups is 3. The van der Waals surface area contributed by atoms with Gasteiger partial charge in [0, 0.05) is 70.9 Å². The van der Waals surface area contributed by atoms with Gasteiger partial charge in [0.15, 0.2) is 0 Å². The summed E-state index contributed by atoms with van der Waals surface area (Å²) in [5, 5.41) is 29.4. The molecule has 75 heavy (non-hydrogen) atoms. The van der Waals surface area contributed by atoms with Gasteiger partial charge in [-0.25, -0.2) is 38.4 Å². The van der Waals surface area contributed by atoms with Crippen LogP contribution < -0.4 is 57.9 Å². The molecule has 0 saturated heterocycles. The van der Waals surface area contributed by atoms with Gasteiger partial charge in [0.1, 0.15) is 32.2 Å². The molecule has 0 heterocycles. The van der Waals surface area contributed by atoms with Crippen LogP contribution >= 0.6 is 0 Å². The van der Waals surface area contributed by atoms with Gasteiger partial charge in [-0.3, -0.25) is 0 Å². The van der Waals surface area contributed by atoms with Crippen LogP contribution in [0.2, 0.25) is 25.7 Å². The fraction of sp³-hybridized carbons (Fsp3) is 0.522. The van der Waals surface area contributed by atoms with E-state index in [9.17, 15) is 43.9 Å². The topological polar surface area (TPSA) is 364 Å². The average Bonchev–Trinajstić information content (AvgIpc) is 3.37. The van der Waals surface area contributed by atoms with Crippen LogP contribution in [0.5, 0.6) is 5.75 Å². The highest BCUT2D eigenvalue weighted by Crippen LogP contribution is 2.23. The molecule has 0 bridgehead atoms. The number of amides is 11. The predicted molar refractivity (Wildman–Crippen MR) is 280 cm³/mol. The number of ether oxygens (including phenoxy) is 6. The smallest absolute Gasteiger partial charge is 0.407 e. The third-order valence-electron chi connectivity index (χ3n) is 9.73. The molecule has 0 aliphatic heterocycles. The predicted octanol–water partition coefficient (Wildman–Crippen LogP) is 3.61. The number of methoxy groups -OCH3 is 1. The first kappa shape index (κ1) is 64.7. The summed E-state index contributed by atoms with van der Waals surface area (Å²) < 4.78 is 30.8. The molecule has 0 spiro atoms. The standard InChI is InChI=1S/C46H74N14O14Si/c1-10-16-70-42(64)51-26-34(56-40(62)49-24-36(28-53-44(66)72-18-12-3)58-46(68)74-20-21-75(7,8)9)23-48-39(61)57-35(27-52-43(65)71-17-11-2)25-50-41(63)60(31-33-15-14-32(5)22-38(33)69-6)37(30-55-59-47)29-54-45(67)73-19-13-4/h10-15,22,34-37H,1-4,16-21,23-31H2,5-9H3,(H,50,63)(H,51,64)(H,52,65)(H,53,66)(H,54,67)(H,58,68)(H2,48,57,61)(H2,49,56,62)/t34-,35-,36-,37+/m1/s1. The van der Waals surface area contributed by atoms with E-state index in [0.717, 1.165) is 5.56 Å². The van der Waals surface area contributed by atoms with Gasteiger partial charge in [-0.2, -0.15) is 0 Å². The summed E-state index contributed by atoms with van der Waals surface area (Å²) in [7, 11) is -0.0869. The van der Waals surface area contributed by atoms with Crippen LogP contribution in [-0.2, 0) is 30.2 Å². The highest BCUT2D eigenvalue weighted by atomic mass is 28.3. The van der Waals surface area contributed by atoms with E-state index in [1.54, 1.807) is 18.2 Å². The molecule has 0 aromatic heterocycles. The Labute approximate surface area is 437 Å². The first-order valence-corrected chi connectivity index (χ1v) is 27.2. The molecule has 1 aromatic carbocycles.